The van der Waals surface area contributed by atoms with E-state index in [9.17, 15) is 14.0 Å². The van der Waals surface area contributed by atoms with E-state index in [1.54, 1.807) is 6.07 Å². The Morgan fingerprint density at radius 1 is 1.48 bits per heavy atom. The van der Waals surface area contributed by atoms with Crippen molar-refractivity contribution in [3.05, 3.63) is 28.5 Å². The van der Waals surface area contributed by atoms with Crippen LogP contribution in [0.4, 0.5) is 10.1 Å². The molecule has 2 rings (SSSR count). The lowest BCUT2D eigenvalue weighted by atomic mass is 9.97. The maximum absolute atomic E-state index is 13.6. The van der Waals surface area contributed by atoms with Gasteiger partial charge in [0.25, 0.3) is 0 Å². The fourth-order valence-corrected chi connectivity index (χ4v) is 2.75. The Kier molecular flexibility index (Phi) is 5.30. The van der Waals surface area contributed by atoms with E-state index in [1.807, 2.05) is 4.90 Å². The molecule has 0 saturated carbocycles. The number of likely N-dealkylation sites (tertiary alicyclic amines) is 1. The number of carbonyl (C=O) groups is 2. The Bertz CT molecular complexity index is 553. The summed E-state index contributed by atoms with van der Waals surface area (Å²) in [4.78, 5) is 25.0. The van der Waals surface area contributed by atoms with Crippen LogP contribution in [-0.2, 0) is 9.59 Å². The molecule has 0 spiro atoms. The first-order chi connectivity index (χ1) is 9.95. The number of benzene rings is 1. The zero-order valence-electron chi connectivity index (χ0n) is 11.4. The average molecular weight is 358 g/mol. The van der Waals surface area contributed by atoms with Crippen LogP contribution in [0.25, 0.3) is 0 Å². The molecule has 21 heavy (non-hydrogen) atoms. The van der Waals surface area contributed by atoms with Gasteiger partial charge in [-0.1, -0.05) is 15.9 Å². The summed E-state index contributed by atoms with van der Waals surface area (Å²) in [5.41, 5.74) is 5.44. The molecule has 0 radical (unpaired) electrons. The quantitative estimate of drug-likeness (QED) is 0.861. The number of primary amides is 1. The van der Waals surface area contributed by atoms with Gasteiger partial charge in [-0.2, -0.15) is 0 Å². The molecule has 1 aliphatic rings. The molecule has 0 bridgehead atoms. The Labute approximate surface area is 130 Å². The number of hydrogen-bond acceptors (Lipinski definition) is 3. The van der Waals surface area contributed by atoms with E-state index >= 15 is 0 Å². The van der Waals surface area contributed by atoms with Crippen LogP contribution >= 0.6 is 15.9 Å². The molecular weight excluding hydrogens is 341 g/mol. The number of amides is 2. The van der Waals surface area contributed by atoms with E-state index in [0.717, 1.165) is 19.4 Å². The summed E-state index contributed by atoms with van der Waals surface area (Å²) < 4.78 is 14.2. The summed E-state index contributed by atoms with van der Waals surface area (Å²) in [5.74, 6) is -1.34. The van der Waals surface area contributed by atoms with Crippen molar-refractivity contribution in [1.29, 1.82) is 0 Å². The Balaban J connectivity index is 1.91. The number of carbonyl (C=O) groups excluding carboxylic acids is 2. The van der Waals surface area contributed by atoms with E-state index in [0.29, 0.717) is 11.0 Å². The second kappa shape index (κ2) is 7.00. The van der Waals surface area contributed by atoms with Gasteiger partial charge in [0.1, 0.15) is 5.82 Å². The number of halogens is 2. The van der Waals surface area contributed by atoms with Crippen molar-refractivity contribution in [3.63, 3.8) is 0 Å². The maximum atomic E-state index is 13.6. The van der Waals surface area contributed by atoms with Crippen LogP contribution in [0.1, 0.15) is 12.8 Å². The largest absolute Gasteiger partial charge is 0.369 e. The van der Waals surface area contributed by atoms with Crippen LogP contribution < -0.4 is 11.1 Å². The van der Waals surface area contributed by atoms with Gasteiger partial charge in [-0.25, -0.2) is 4.39 Å². The van der Waals surface area contributed by atoms with Crippen molar-refractivity contribution >= 4 is 33.4 Å². The minimum atomic E-state index is -0.494. The van der Waals surface area contributed by atoms with Crippen LogP contribution in [0, 0.1) is 11.7 Å². The average Bonchev–Trinajstić information content (AvgIpc) is 2.42. The maximum Gasteiger partial charge on any atom is 0.238 e. The van der Waals surface area contributed by atoms with Gasteiger partial charge < -0.3 is 11.1 Å². The predicted molar refractivity (Wildman–Crippen MR) is 81.1 cm³/mol. The highest BCUT2D eigenvalue weighted by Gasteiger charge is 2.25. The SMILES string of the molecule is NC(=O)[C@H]1CCCN(CC(=O)Nc2ccc(Br)cc2F)C1. The predicted octanol–water partition coefficient (Wildman–Crippen LogP) is 1.72. The summed E-state index contributed by atoms with van der Waals surface area (Å²) in [6.45, 7) is 1.34. The molecule has 1 saturated heterocycles. The van der Waals surface area contributed by atoms with Gasteiger partial charge in [0.2, 0.25) is 11.8 Å². The molecule has 1 aliphatic heterocycles. The van der Waals surface area contributed by atoms with Gasteiger partial charge in [0.05, 0.1) is 18.2 Å². The Morgan fingerprint density at radius 2 is 2.24 bits per heavy atom. The number of anilines is 1. The fourth-order valence-electron chi connectivity index (χ4n) is 2.42. The second-order valence-electron chi connectivity index (χ2n) is 5.15. The van der Waals surface area contributed by atoms with Gasteiger partial charge in [0.15, 0.2) is 0 Å². The molecule has 3 N–H and O–H groups in total. The number of nitrogens with zero attached hydrogens (tertiary/aromatic N) is 1. The van der Waals surface area contributed by atoms with Crippen molar-refractivity contribution in [2.24, 2.45) is 11.7 Å². The highest BCUT2D eigenvalue weighted by atomic mass is 79.9. The lowest BCUT2D eigenvalue weighted by Gasteiger charge is -2.30. The summed E-state index contributed by atoms with van der Waals surface area (Å²) >= 11 is 3.16. The molecule has 1 fully saturated rings. The second-order valence-corrected chi connectivity index (χ2v) is 6.06. The third kappa shape index (κ3) is 4.50. The zero-order chi connectivity index (χ0) is 15.4. The van der Waals surface area contributed by atoms with Crippen molar-refractivity contribution < 1.29 is 14.0 Å². The lowest BCUT2D eigenvalue weighted by Crippen LogP contribution is -2.44. The Morgan fingerprint density at radius 3 is 2.90 bits per heavy atom. The third-order valence-electron chi connectivity index (χ3n) is 3.48. The van der Waals surface area contributed by atoms with Crippen LogP contribution in [0.2, 0.25) is 0 Å². The molecule has 0 unspecified atom stereocenters. The van der Waals surface area contributed by atoms with E-state index in [-0.39, 0.29) is 30.0 Å². The van der Waals surface area contributed by atoms with Gasteiger partial charge in [-0.05, 0) is 37.6 Å². The summed E-state index contributed by atoms with van der Waals surface area (Å²) in [5, 5.41) is 2.54. The van der Waals surface area contributed by atoms with Gasteiger partial charge in [-0.15, -0.1) is 0 Å². The van der Waals surface area contributed by atoms with Gasteiger partial charge in [-0.3, -0.25) is 14.5 Å². The van der Waals surface area contributed by atoms with Crippen LogP contribution in [0.5, 0.6) is 0 Å². The first-order valence-corrected chi connectivity index (χ1v) is 7.51. The highest BCUT2D eigenvalue weighted by molar-refractivity contribution is 9.10. The number of nitrogens with one attached hydrogen (secondary N) is 1. The molecule has 1 atom stereocenters. The molecule has 5 nitrogen and oxygen atoms in total. The normalized spacial score (nSPS) is 19.2. The van der Waals surface area contributed by atoms with E-state index < -0.39 is 5.82 Å². The fraction of sp³-hybridized carbons (Fsp3) is 0.429. The smallest absolute Gasteiger partial charge is 0.238 e. The summed E-state index contributed by atoms with van der Waals surface area (Å²) in [7, 11) is 0. The van der Waals surface area contributed by atoms with E-state index in [1.165, 1.54) is 12.1 Å². The standard InChI is InChI=1S/C14H17BrFN3O2/c15-10-3-4-12(11(16)6-10)18-13(20)8-19-5-1-2-9(7-19)14(17)21/h3-4,6,9H,1-2,5,7-8H2,(H2,17,21)(H,18,20)/t9-/m0/s1. The monoisotopic (exact) mass is 357 g/mol. The molecular formula is C14H17BrFN3O2. The molecule has 1 heterocycles. The molecule has 7 heteroatoms. The number of hydrogen-bond donors (Lipinski definition) is 2. The first-order valence-electron chi connectivity index (χ1n) is 6.72. The van der Waals surface area contributed by atoms with Crippen LogP contribution in [-0.4, -0.2) is 36.3 Å². The van der Waals surface area contributed by atoms with Gasteiger partial charge in [0, 0.05) is 11.0 Å². The number of nitrogens with two attached hydrogens (primary N) is 1. The molecule has 1 aromatic carbocycles. The molecule has 114 valence electrons. The molecule has 0 aromatic heterocycles. The van der Waals surface area contributed by atoms with Crippen LogP contribution in [0.3, 0.4) is 0 Å². The van der Waals surface area contributed by atoms with Gasteiger partial charge >= 0.3 is 0 Å². The first kappa shape index (κ1) is 15.9. The highest BCUT2D eigenvalue weighted by Crippen LogP contribution is 2.20. The minimum Gasteiger partial charge on any atom is -0.369 e. The minimum absolute atomic E-state index is 0.124. The zero-order valence-corrected chi connectivity index (χ0v) is 13.0. The molecule has 1 aromatic rings. The Hall–Kier alpha value is -1.47. The van der Waals surface area contributed by atoms with E-state index in [4.69, 9.17) is 5.73 Å². The number of piperidine rings is 1. The molecule has 2 amide bonds. The summed E-state index contributed by atoms with van der Waals surface area (Å²) in [6.07, 6.45) is 1.59. The van der Waals surface area contributed by atoms with Crippen molar-refractivity contribution in [2.45, 2.75) is 12.8 Å². The van der Waals surface area contributed by atoms with Crippen molar-refractivity contribution in [2.75, 3.05) is 25.0 Å². The number of rotatable bonds is 4. The van der Waals surface area contributed by atoms with E-state index in [2.05, 4.69) is 21.2 Å². The lowest BCUT2D eigenvalue weighted by molar-refractivity contribution is -0.125. The molecule has 0 aliphatic carbocycles. The summed E-state index contributed by atoms with van der Waals surface area (Å²) in [6, 6.07) is 4.45. The van der Waals surface area contributed by atoms with Crippen LogP contribution in [0.15, 0.2) is 22.7 Å². The topological polar surface area (TPSA) is 75.4 Å². The van der Waals surface area contributed by atoms with Crippen molar-refractivity contribution in [1.82, 2.24) is 4.90 Å². The van der Waals surface area contributed by atoms with Crippen molar-refractivity contribution in [3.8, 4) is 0 Å². The third-order valence-corrected chi connectivity index (χ3v) is 3.97.